The van der Waals surface area contributed by atoms with E-state index < -0.39 is 0 Å². The minimum Gasteiger partial charge on any atom is -0.399 e. The van der Waals surface area contributed by atoms with E-state index in [1.807, 2.05) is 18.2 Å². The molecule has 152 valence electrons. The summed E-state index contributed by atoms with van der Waals surface area (Å²) in [7, 11) is 0. The second-order valence-electron chi connectivity index (χ2n) is 8.00. The average Bonchev–Trinajstić information content (AvgIpc) is 2.74. The number of nitrogens with two attached hydrogens (primary N) is 2. The second-order valence-corrected chi connectivity index (χ2v) is 8.00. The third-order valence-electron chi connectivity index (χ3n) is 5.57. The predicted octanol–water partition coefficient (Wildman–Crippen LogP) is 7.48. The van der Waals surface area contributed by atoms with Crippen molar-refractivity contribution in [1.82, 2.24) is 0 Å². The van der Waals surface area contributed by atoms with Crippen molar-refractivity contribution in [2.45, 2.75) is 58.3 Å². The summed E-state index contributed by atoms with van der Waals surface area (Å²) in [6.07, 6.45) is 10.5. The van der Waals surface area contributed by atoms with E-state index in [1.165, 1.54) is 67.2 Å². The fourth-order valence-electron chi connectivity index (χ4n) is 3.90. The van der Waals surface area contributed by atoms with Crippen LogP contribution >= 0.6 is 0 Å². The number of hydrogen-bond donors (Lipinski definition) is 2. The number of benzene rings is 3. The van der Waals surface area contributed by atoms with Crippen LogP contribution in [0.2, 0.25) is 0 Å². The van der Waals surface area contributed by atoms with Gasteiger partial charge in [-0.2, -0.15) is 0 Å². The first-order valence-corrected chi connectivity index (χ1v) is 11.0. The monoisotopic (exact) mass is 386 g/mol. The summed E-state index contributed by atoms with van der Waals surface area (Å²) in [4.78, 5) is 0. The molecule has 0 amide bonds. The largest absolute Gasteiger partial charge is 0.399 e. The fourth-order valence-corrected chi connectivity index (χ4v) is 3.90. The Kier molecular flexibility index (Phi) is 7.75. The molecule has 0 saturated heterocycles. The number of nitrogen functional groups attached to an aromatic ring is 2. The highest BCUT2D eigenvalue weighted by Crippen LogP contribution is 2.34. The summed E-state index contributed by atoms with van der Waals surface area (Å²) in [5.41, 5.74) is 19.7. The minimum atomic E-state index is 0.780. The maximum absolute atomic E-state index is 6.13. The molecule has 3 aromatic rings. The zero-order chi connectivity index (χ0) is 20.5. The fraction of sp³-hybridized carbons (Fsp3) is 0.333. The van der Waals surface area contributed by atoms with E-state index in [2.05, 4.69) is 55.5 Å². The van der Waals surface area contributed by atoms with Crippen LogP contribution in [-0.2, 0) is 6.42 Å². The lowest BCUT2D eigenvalue weighted by Gasteiger charge is -2.13. The second kappa shape index (κ2) is 10.7. The molecule has 0 aromatic heterocycles. The van der Waals surface area contributed by atoms with Crippen LogP contribution in [-0.4, -0.2) is 0 Å². The van der Waals surface area contributed by atoms with Gasteiger partial charge in [0.15, 0.2) is 0 Å². The van der Waals surface area contributed by atoms with E-state index in [0.717, 1.165) is 23.4 Å². The number of aryl methyl sites for hydroxylation is 1. The van der Waals surface area contributed by atoms with Crippen LogP contribution in [0.25, 0.3) is 22.3 Å². The predicted molar refractivity (Wildman–Crippen MR) is 128 cm³/mol. The van der Waals surface area contributed by atoms with Gasteiger partial charge in [-0.1, -0.05) is 87.9 Å². The summed E-state index contributed by atoms with van der Waals surface area (Å²) in [5, 5.41) is 0. The van der Waals surface area contributed by atoms with Gasteiger partial charge in [0.2, 0.25) is 0 Å². The SMILES string of the molecule is CCCCCCCCCc1cccc(-c2cc(N)ccc2-c2ccc(N)cc2)c1. The van der Waals surface area contributed by atoms with Crippen LogP contribution in [0.3, 0.4) is 0 Å². The van der Waals surface area contributed by atoms with Gasteiger partial charge in [-0.15, -0.1) is 0 Å². The van der Waals surface area contributed by atoms with E-state index in [1.54, 1.807) is 0 Å². The lowest BCUT2D eigenvalue weighted by molar-refractivity contribution is 0.589. The van der Waals surface area contributed by atoms with Gasteiger partial charge in [0.05, 0.1) is 0 Å². The molecule has 0 fully saturated rings. The van der Waals surface area contributed by atoms with Gasteiger partial charge in [0, 0.05) is 11.4 Å². The van der Waals surface area contributed by atoms with Gasteiger partial charge in [0.25, 0.3) is 0 Å². The highest BCUT2D eigenvalue weighted by Gasteiger charge is 2.09. The molecule has 2 heteroatoms. The third-order valence-corrected chi connectivity index (χ3v) is 5.57. The van der Waals surface area contributed by atoms with Crippen molar-refractivity contribution in [2.75, 3.05) is 11.5 Å². The van der Waals surface area contributed by atoms with Crippen LogP contribution in [0.4, 0.5) is 11.4 Å². The summed E-state index contributed by atoms with van der Waals surface area (Å²) >= 11 is 0. The number of hydrogen-bond acceptors (Lipinski definition) is 2. The van der Waals surface area contributed by atoms with Crippen molar-refractivity contribution in [3.05, 3.63) is 72.3 Å². The lowest BCUT2D eigenvalue weighted by Crippen LogP contribution is -1.92. The molecule has 0 bridgehead atoms. The first kappa shape index (κ1) is 21.0. The molecule has 3 rings (SSSR count). The Morgan fingerprint density at radius 1 is 0.586 bits per heavy atom. The molecule has 0 atom stereocenters. The highest BCUT2D eigenvalue weighted by atomic mass is 14.5. The van der Waals surface area contributed by atoms with Gasteiger partial charge < -0.3 is 11.5 Å². The minimum absolute atomic E-state index is 0.780. The Morgan fingerprint density at radius 2 is 1.28 bits per heavy atom. The highest BCUT2D eigenvalue weighted by molar-refractivity contribution is 5.86. The molecule has 3 aromatic carbocycles. The van der Waals surface area contributed by atoms with E-state index in [4.69, 9.17) is 11.5 Å². The summed E-state index contributed by atoms with van der Waals surface area (Å²) in [6, 6.07) is 23.1. The molecular weight excluding hydrogens is 352 g/mol. The van der Waals surface area contributed by atoms with Gasteiger partial charge in [-0.25, -0.2) is 0 Å². The number of anilines is 2. The third kappa shape index (κ3) is 6.12. The Balaban J connectivity index is 1.73. The summed E-state index contributed by atoms with van der Waals surface area (Å²) in [5.74, 6) is 0. The molecule has 0 aliphatic rings. The number of rotatable bonds is 10. The molecular formula is C27H34N2. The van der Waals surface area contributed by atoms with Crippen LogP contribution in [0, 0.1) is 0 Å². The zero-order valence-corrected chi connectivity index (χ0v) is 17.7. The van der Waals surface area contributed by atoms with Gasteiger partial charge in [-0.05, 0) is 64.9 Å². The van der Waals surface area contributed by atoms with Crippen LogP contribution in [0.1, 0.15) is 57.4 Å². The van der Waals surface area contributed by atoms with Crippen molar-refractivity contribution in [3.63, 3.8) is 0 Å². The first-order valence-electron chi connectivity index (χ1n) is 11.0. The van der Waals surface area contributed by atoms with Gasteiger partial charge in [-0.3, -0.25) is 0 Å². The Bertz CT molecular complexity index is 897. The molecule has 0 radical (unpaired) electrons. The zero-order valence-electron chi connectivity index (χ0n) is 17.7. The van der Waals surface area contributed by atoms with Crippen LogP contribution in [0.5, 0.6) is 0 Å². The topological polar surface area (TPSA) is 52.0 Å². The molecule has 0 spiro atoms. The van der Waals surface area contributed by atoms with E-state index >= 15 is 0 Å². The molecule has 0 aliphatic heterocycles. The summed E-state index contributed by atoms with van der Waals surface area (Å²) < 4.78 is 0. The first-order chi connectivity index (χ1) is 14.2. The Labute approximate surface area is 176 Å². The normalized spacial score (nSPS) is 10.9. The van der Waals surface area contributed by atoms with E-state index in [9.17, 15) is 0 Å². The van der Waals surface area contributed by atoms with Crippen molar-refractivity contribution >= 4 is 11.4 Å². The molecule has 0 unspecified atom stereocenters. The van der Waals surface area contributed by atoms with Crippen LogP contribution in [0.15, 0.2) is 66.7 Å². The molecule has 29 heavy (non-hydrogen) atoms. The molecule has 2 nitrogen and oxygen atoms in total. The smallest absolute Gasteiger partial charge is 0.0320 e. The lowest BCUT2D eigenvalue weighted by atomic mass is 9.92. The van der Waals surface area contributed by atoms with Gasteiger partial charge >= 0.3 is 0 Å². The molecule has 0 aliphatic carbocycles. The van der Waals surface area contributed by atoms with Crippen molar-refractivity contribution < 1.29 is 0 Å². The van der Waals surface area contributed by atoms with Crippen molar-refractivity contribution in [3.8, 4) is 22.3 Å². The molecule has 0 saturated carbocycles. The van der Waals surface area contributed by atoms with Crippen molar-refractivity contribution in [2.24, 2.45) is 0 Å². The van der Waals surface area contributed by atoms with E-state index in [-0.39, 0.29) is 0 Å². The summed E-state index contributed by atoms with van der Waals surface area (Å²) in [6.45, 7) is 2.27. The molecule has 4 N–H and O–H groups in total. The Hall–Kier alpha value is -2.74. The molecule has 0 heterocycles. The van der Waals surface area contributed by atoms with Crippen LogP contribution < -0.4 is 11.5 Å². The Morgan fingerprint density at radius 3 is 2.03 bits per heavy atom. The van der Waals surface area contributed by atoms with Crippen molar-refractivity contribution in [1.29, 1.82) is 0 Å². The maximum atomic E-state index is 6.13. The quantitative estimate of drug-likeness (QED) is 0.280. The standard InChI is InChI=1S/C27H34N2/c1-2-3-4-5-6-7-8-10-21-11-9-12-23(19-21)27-20-25(29)17-18-26(27)22-13-15-24(28)16-14-22/h9,11-20H,2-8,10,28-29H2,1H3. The van der Waals surface area contributed by atoms with E-state index in [0.29, 0.717) is 0 Å². The maximum Gasteiger partial charge on any atom is 0.0320 e. The van der Waals surface area contributed by atoms with Gasteiger partial charge in [0.1, 0.15) is 0 Å². The average molecular weight is 387 g/mol. The number of unbranched alkanes of at least 4 members (excludes halogenated alkanes) is 6.